The molecule has 1 aromatic heterocycles. The highest BCUT2D eigenvalue weighted by atomic mass is 127. The highest BCUT2D eigenvalue weighted by Gasteiger charge is 2.17. The molecule has 0 aliphatic carbocycles. The highest BCUT2D eigenvalue weighted by molar-refractivity contribution is 14.1. The molecule has 26 heavy (non-hydrogen) atoms. The van der Waals surface area contributed by atoms with E-state index in [-0.39, 0.29) is 0 Å². The fourth-order valence-electron chi connectivity index (χ4n) is 3.36. The molecule has 4 heteroatoms. The van der Waals surface area contributed by atoms with E-state index in [9.17, 15) is 0 Å². The summed E-state index contributed by atoms with van der Waals surface area (Å²) in [5, 5.41) is 3.84. The minimum atomic E-state index is -0.417. The molecule has 0 spiro atoms. The smallest absolute Gasteiger partial charge is 0.159 e. The summed E-state index contributed by atoms with van der Waals surface area (Å²) in [6, 6.07) is 21.8. The van der Waals surface area contributed by atoms with E-state index in [0.29, 0.717) is 0 Å². The number of hydrogen-bond acceptors (Lipinski definition) is 2. The Morgan fingerprint density at radius 1 is 0.885 bits per heavy atom. The van der Waals surface area contributed by atoms with Gasteiger partial charge in [-0.1, -0.05) is 67.7 Å². The Labute approximate surface area is 169 Å². The summed E-state index contributed by atoms with van der Waals surface area (Å²) in [5.74, 6) is 0. The van der Waals surface area contributed by atoms with Gasteiger partial charge in [0.1, 0.15) is 5.58 Å². The third-order valence-electron chi connectivity index (χ3n) is 4.85. The van der Waals surface area contributed by atoms with Crippen LogP contribution < -0.4 is 8.30 Å². The molecular weight excluding hydrogens is 449 g/mol. The lowest BCUT2D eigenvalue weighted by atomic mass is 10.1. The van der Waals surface area contributed by atoms with Crippen molar-refractivity contribution in [2.45, 2.75) is 26.4 Å². The average Bonchev–Trinajstić information content (AvgIpc) is 3.06. The number of nitrogens with zero attached hydrogens (tertiary/aromatic N) is 1. The summed E-state index contributed by atoms with van der Waals surface area (Å²) in [6.07, 6.45) is 0.972. The molecule has 0 N–H and O–H groups in total. The topological polar surface area (TPSA) is 16.4 Å². The number of halogens is 1. The van der Waals surface area contributed by atoms with Gasteiger partial charge in [-0.05, 0) is 30.2 Å². The van der Waals surface area contributed by atoms with Crippen LogP contribution >= 0.6 is 22.9 Å². The van der Waals surface area contributed by atoms with Gasteiger partial charge in [-0.3, -0.25) is 3.11 Å². The van der Waals surface area contributed by atoms with Crippen molar-refractivity contribution in [3.63, 3.8) is 0 Å². The Morgan fingerprint density at radius 2 is 1.54 bits per heavy atom. The molecule has 2 nitrogen and oxygen atoms in total. The van der Waals surface area contributed by atoms with Crippen LogP contribution in [0, 0.1) is 0 Å². The van der Waals surface area contributed by atoms with E-state index >= 15 is 0 Å². The fourth-order valence-corrected chi connectivity index (χ4v) is 4.90. The summed E-state index contributed by atoms with van der Waals surface area (Å²) >= 11 is 2.37. The first-order chi connectivity index (χ1) is 12.6. The van der Waals surface area contributed by atoms with Gasteiger partial charge in [-0.25, -0.2) is 0 Å². The van der Waals surface area contributed by atoms with Crippen LogP contribution in [0.1, 0.15) is 12.5 Å². The van der Waals surface area contributed by atoms with E-state index in [4.69, 9.17) is 4.42 Å². The monoisotopic (exact) mass is 470 g/mol. The molecule has 0 unspecified atom stereocenters. The van der Waals surface area contributed by atoms with Gasteiger partial charge in [0.05, 0.1) is 43.0 Å². The Morgan fingerprint density at radius 3 is 2.19 bits per heavy atom. The minimum absolute atomic E-state index is 0.417. The quantitative estimate of drug-likeness (QED) is 0.190. The van der Waals surface area contributed by atoms with E-state index < -0.39 is 8.80 Å². The maximum absolute atomic E-state index is 6.37. The third-order valence-corrected chi connectivity index (χ3v) is 7.41. The fraction of sp³-hybridized carbons (Fsp3) is 0.182. The number of benzene rings is 3. The number of rotatable bonds is 4. The van der Waals surface area contributed by atoms with E-state index in [1.54, 1.807) is 0 Å². The lowest BCUT2D eigenvalue weighted by Crippen LogP contribution is -2.22. The van der Waals surface area contributed by atoms with Gasteiger partial charge in [0, 0.05) is 10.8 Å². The van der Waals surface area contributed by atoms with Crippen LogP contribution in [0.5, 0.6) is 0 Å². The first-order valence-corrected chi connectivity index (χ1v) is 12.4. The summed E-state index contributed by atoms with van der Waals surface area (Å²) in [4.78, 5) is 0. The highest BCUT2D eigenvalue weighted by Crippen LogP contribution is 2.40. The van der Waals surface area contributed by atoms with Gasteiger partial charge in [-0.15, -0.1) is 0 Å². The molecule has 1 heterocycles. The van der Waals surface area contributed by atoms with Gasteiger partial charge < -0.3 is 4.42 Å². The Balaban J connectivity index is 1.85. The normalized spacial score (nSPS) is 11.6. The van der Waals surface area contributed by atoms with Crippen LogP contribution in [0.2, 0.25) is 13.1 Å². The zero-order valence-corrected chi connectivity index (χ0v) is 18.4. The number of fused-ring (bicyclic) bond motifs is 3. The second-order valence-corrected chi connectivity index (χ2v) is 10.3. The van der Waals surface area contributed by atoms with Crippen molar-refractivity contribution in [3.8, 4) is 0 Å². The largest absolute Gasteiger partial charge is 0.454 e. The number of anilines is 2. The molecule has 0 bridgehead atoms. The summed E-state index contributed by atoms with van der Waals surface area (Å²) < 4.78 is 8.56. The SMILES string of the molecule is CCc1cccc2c1oc1c(N(I)c3ccc([Si](C)C)cc3)cccc12. The van der Waals surface area contributed by atoms with Crippen LogP contribution in [-0.4, -0.2) is 8.80 Å². The van der Waals surface area contributed by atoms with Crippen molar-refractivity contribution >= 4 is 70.2 Å². The second-order valence-electron chi connectivity index (χ2n) is 6.73. The Hall–Kier alpha value is -1.79. The van der Waals surface area contributed by atoms with E-state index in [2.05, 4.69) is 107 Å². The Kier molecular flexibility index (Phi) is 4.80. The minimum Gasteiger partial charge on any atom is -0.454 e. The van der Waals surface area contributed by atoms with Gasteiger partial charge in [0.25, 0.3) is 0 Å². The van der Waals surface area contributed by atoms with Crippen molar-refractivity contribution in [2.75, 3.05) is 3.11 Å². The maximum atomic E-state index is 6.37. The van der Waals surface area contributed by atoms with Gasteiger partial charge in [0.15, 0.2) is 5.58 Å². The molecule has 0 amide bonds. The summed E-state index contributed by atoms with van der Waals surface area (Å²) in [5.41, 5.74) is 5.49. The number of aryl methyl sites for hydroxylation is 1. The second kappa shape index (κ2) is 7.08. The molecule has 0 aliphatic heterocycles. The number of para-hydroxylation sites is 2. The van der Waals surface area contributed by atoms with Crippen molar-refractivity contribution in [1.82, 2.24) is 0 Å². The van der Waals surface area contributed by atoms with Crippen molar-refractivity contribution in [2.24, 2.45) is 0 Å². The van der Waals surface area contributed by atoms with E-state index in [1.165, 1.54) is 27.2 Å². The number of hydrogen-bond donors (Lipinski definition) is 0. The molecular formula is C22H21INOSi. The van der Waals surface area contributed by atoms with Crippen molar-refractivity contribution in [1.29, 1.82) is 0 Å². The lowest BCUT2D eigenvalue weighted by molar-refractivity contribution is 0.664. The molecule has 0 fully saturated rings. The predicted octanol–water partition coefficient (Wildman–Crippen LogP) is 6.60. The standard InChI is InChI=1S/C22H21INOSi/c1-4-15-7-5-8-18-19-9-6-10-20(22(19)25-21(15)18)24(23)16-11-13-17(14-12-16)26(2)3/h5-14H,4H2,1-3H3. The molecule has 0 saturated heterocycles. The van der Waals surface area contributed by atoms with E-state index in [1.807, 2.05) is 0 Å². The average molecular weight is 470 g/mol. The van der Waals surface area contributed by atoms with Crippen LogP contribution in [0.4, 0.5) is 11.4 Å². The van der Waals surface area contributed by atoms with Gasteiger partial charge in [0.2, 0.25) is 0 Å². The van der Waals surface area contributed by atoms with E-state index in [0.717, 1.165) is 23.3 Å². The molecule has 4 aromatic rings. The van der Waals surface area contributed by atoms with Crippen molar-refractivity contribution < 1.29 is 4.42 Å². The van der Waals surface area contributed by atoms with Crippen LogP contribution in [0.3, 0.4) is 0 Å². The molecule has 0 atom stereocenters. The van der Waals surface area contributed by atoms with Crippen LogP contribution in [0.15, 0.2) is 65.1 Å². The first-order valence-electron chi connectivity index (χ1n) is 8.89. The predicted molar refractivity (Wildman–Crippen MR) is 123 cm³/mol. The number of furan rings is 1. The zero-order chi connectivity index (χ0) is 18.3. The zero-order valence-electron chi connectivity index (χ0n) is 15.2. The third kappa shape index (κ3) is 2.95. The first kappa shape index (κ1) is 17.6. The molecule has 131 valence electrons. The summed E-state index contributed by atoms with van der Waals surface area (Å²) in [6.45, 7) is 6.82. The summed E-state index contributed by atoms with van der Waals surface area (Å²) in [7, 11) is -0.417. The van der Waals surface area contributed by atoms with Crippen LogP contribution in [-0.2, 0) is 6.42 Å². The van der Waals surface area contributed by atoms with Crippen molar-refractivity contribution in [3.05, 3.63) is 66.2 Å². The van der Waals surface area contributed by atoms with Gasteiger partial charge >= 0.3 is 0 Å². The lowest BCUT2D eigenvalue weighted by Gasteiger charge is -2.17. The molecule has 4 rings (SSSR count). The molecule has 3 aromatic carbocycles. The molecule has 0 saturated carbocycles. The Bertz CT molecular complexity index is 1070. The maximum Gasteiger partial charge on any atom is 0.159 e. The van der Waals surface area contributed by atoms with Gasteiger partial charge in [-0.2, -0.15) is 0 Å². The molecule has 1 radical (unpaired) electrons. The molecule has 0 aliphatic rings. The van der Waals surface area contributed by atoms with Crippen LogP contribution in [0.25, 0.3) is 21.9 Å².